The third-order valence-electron chi connectivity index (χ3n) is 1.21. The quantitative estimate of drug-likeness (QED) is 0.335. The molecule has 10 heavy (non-hydrogen) atoms. The molecule has 3 N–H and O–H groups in total. The summed E-state index contributed by atoms with van der Waals surface area (Å²) in [5.74, 6) is 0. The van der Waals surface area contributed by atoms with Crippen LogP contribution in [0.25, 0.3) is 0 Å². The molecule has 4 heteroatoms. The first-order chi connectivity index (χ1) is 4.73. The molecule has 0 aromatic carbocycles. The van der Waals surface area contributed by atoms with Gasteiger partial charge in [-0.25, -0.2) is 0 Å². The van der Waals surface area contributed by atoms with Crippen molar-refractivity contribution in [3.63, 3.8) is 0 Å². The van der Waals surface area contributed by atoms with Gasteiger partial charge in [-0.2, -0.15) is 0 Å². The highest BCUT2D eigenvalue weighted by Gasteiger charge is 1.93. The molecule has 1 aliphatic rings. The fourth-order valence-electron chi connectivity index (χ4n) is 0.802. The average molecular weight is 181 g/mol. The van der Waals surface area contributed by atoms with Gasteiger partial charge in [0, 0.05) is 0 Å². The zero-order valence-corrected chi connectivity index (χ0v) is 7.47. The second-order valence-electron chi connectivity index (χ2n) is 2.11. The van der Waals surface area contributed by atoms with Gasteiger partial charge in [0.2, 0.25) is 0 Å². The molecule has 0 aromatic rings. The van der Waals surface area contributed by atoms with E-state index < -0.39 is 0 Å². The maximum Gasteiger partial charge on any atom is 0.164 e. The van der Waals surface area contributed by atoms with E-state index in [-0.39, 0.29) is 4.45 Å². The number of nitrogens with two attached hydrogens (primary N) is 1. The molecular weight excluding hydrogens is 168 g/mol. The van der Waals surface area contributed by atoms with Crippen LogP contribution in [0.1, 0.15) is 19.3 Å². The summed E-state index contributed by atoms with van der Waals surface area (Å²) in [5.41, 5.74) is 4.61. The van der Waals surface area contributed by atoms with Crippen LogP contribution in [0.3, 0.4) is 0 Å². The van der Waals surface area contributed by atoms with Crippen molar-refractivity contribution in [1.29, 1.82) is 0 Å². The lowest BCUT2D eigenvalue weighted by molar-refractivity contribution is 0.520. The molecule has 1 rings (SSSR count). The predicted molar refractivity (Wildman–Crippen MR) is 49.4 cm³/mol. The Kier molecular flexibility index (Phi) is 7.35. The van der Waals surface area contributed by atoms with E-state index in [0.717, 1.165) is 0 Å². The molecule has 0 amide bonds. The van der Waals surface area contributed by atoms with Crippen LogP contribution in [0.15, 0.2) is 0 Å². The molecular formula is C6H13ClN2S. The van der Waals surface area contributed by atoms with Gasteiger partial charge in [0.25, 0.3) is 0 Å². The zero-order valence-electron chi connectivity index (χ0n) is 5.90. The zero-order chi connectivity index (χ0) is 7.82. The third kappa shape index (κ3) is 11.0. The Hall–Kier alpha value is 0.140. The molecule has 0 spiro atoms. The van der Waals surface area contributed by atoms with Crippen molar-refractivity contribution < 1.29 is 0 Å². The van der Waals surface area contributed by atoms with Crippen LogP contribution in [0, 0.1) is 0 Å². The predicted octanol–water partition coefficient (Wildman–Crippen LogP) is 1.23. The molecule has 1 saturated heterocycles. The maximum atomic E-state index is 4.78. The fourth-order valence-corrected chi connectivity index (χ4v) is 0.802. The molecule has 0 bridgehead atoms. The van der Waals surface area contributed by atoms with Gasteiger partial charge in [-0.15, -0.1) is 0 Å². The standard InChI is InChI=1S/C5H11N.CH2ClNS/c1-2-4-6-5-3-1;2-1(3)4/h6H,1-5H2;(H2,3,4). The number of nitrogens with one attached hydrogen (secondary N) is 1. The van der Waals surface area contributed by atoms with E-state index in [1.807, 2.05) is 0 Å². The molecule has 0 aromatic heterocycles. The number of halogens is 1. The number of rotatable bonds is 0. The number of hydrogen-bond acceptors (Lipinski definition) is 2. The van der Waals surface area contributed by atoms with Crippen LogP contribution in [0.2, 0.25) is 0 Å². The minimum Gasteiger partial charge on any atom is -0.380 e. The first-order valence-corrected chi connectivity index (χ1v) is 4.18. The molecule has 0 aliphatic carbocycles. The van der Waals surface area contributed by atoms with Gasteiger partial charge in [-0.1, -0.05) is 18.0 Å². The first-order valence-electron chi connectivity index (χ1n) is 3.39. The third-order valence-corrected chi connectivity index (χ3v) is 1.21. The van der Waals surface area contributed by atoms with Crippen LogP contribution in [0.5, 0.6) is 0 Å². The summed E-state index contributed by atoms with van der Waals surface area (Å²) >= 11 is 8.86. The number of thiocarbonyl (C=S) groups is 1. The highest BCUT2D eigenvalue weighted by molar-refractivity contribution is 7.83. The van der Waals surface area contributed by atoms with Crippen molar-refractivity contribution in [2.45, 2.75) is 19.3 Å². The van der Waals surface area contributed by atoms with Crippen LogP contribution >= 0.6 is 23.8 Å². The normalized spacial score (nSPS) is 16.9. The van der Waals surface area contributed by atoms with Crippen LogP contribution in [-0.2, 0) is 0 Å². The minimum atomic E-state index is -0.0278. The summed E-state index contributed by atoms with van der Waals surface area (Å²) in [6.07, 6.45) is 4.22. The van der Waals surface area contributed by atoms with Gasteiger partial charge in [0.05, 0.1) is 0 Å². The summed E-state index contributed by atoms with van der Waals surface area (Å²) in [5, 5.41) is 3.28. The Morgan fingerprint density at radius 1 is 1.30 bits per heavy atom. The lowest BCUT2D eigenvalue weighted by Gasteiger charge is -2.08. The Bertz CT molecular complexity index is 78.2. The SMILES string of the molecule is C1CCNCC1.NC(=S)Cl. The largest absolute Gasteiger partial charge is 0.380 e. The summed E-state index contributed by atoms with van der Waals surface area (Å²) < 4.78 is -0.0278. The molecule has 0 atom stereocenters. The van der Waals surface area contributed by atoms with E-state index in [1.165, 1.54) is 32.4 Å². The minimum absolute atomic E-state index is 0.0278. The van der Waals surface area contributed by atoms with Gasteiger partial charge in [-0.3, -0.25) is 0 Å². The monoisotopic (exact) mass is 180 g/mol. The number of piperidine rings is 1. The average Bonchev–Trinajstić information content (AvgIpc) is 1.90. The number of hydrogen-bond donors (Lipinski definition) is 2. The molecule has 1 aliphatic heterocycles. The van der Waals surface area contributed by atoms with Gasteiger partial charge in [-0.05, 0) is 38.1 Å². The second-order valence-corrected chi connectivity index (χ2v) is 3.19. The van der Waals surface area contributed by atoms with Gasteiger partial charge in [0.15, 0.2) is 4.45 Å². The Labute approximate surface area is 72.1 Å². The van der Waals surface area contributed by atoms with E-state index in [9.17, 15) is 0 Å². The van der Waals surface area contributed by atoms with E-state index in [1.54, 1.807) is 0 Å². The lowest BCUT2D eigenvalue weighted by atomic mass is 10.2. The summed E-state index contributed by atoms with van der Waals surface area (Å²) in [6.45, 7) is 2.50. The van der Waals surface area contributed by atoms with E-state index in [0.29, 0.717) is 0 Å². The highest BCUT2D eigenvalue weighted by atomic mass is 35.5. The lowest BCUT2D eigenvalue weighted by Crippen LogP contribution is -2.21. The van der Waals surface area contributed by atoms with Crippen molar-refractivity contribution in [3.8, 4) is 0 Å². The summed E-state index contributed by atoms with van der Waals surface area (Å²) in [4.78, 5) is 0. The fraction of sp³-hybridized carbons (Fsp3) is 0.833. The molecule has 1 fully saturated rings. The molecule has 0 saturated carbocycles. The van der Waals surface area contributed by atoms with Crippen LogP contribution in [-0.4, -0.2) is 17.5 Å². The van der Waals surface area contributed by atoms with Gasteiger partial charge in [0.1, 0.15) is 0 Å². The van der Waals surface area contributed by atoms with Crippen LogP contribution < -0.4 is 11.1 Å². The van der Waals surface area contributed by atoms with E-state index >= 15 is 0 Å². The van der Waals surface area contributed by atoms with Crippen LogP contribution in [0.4, 0.5) is 0 Å². The maximum absolute atomic E-state index is 4.78. The molecule has 1 heterocycles. The molecule has 0 unspecified atom stereocenters. The van der Waals surface area contributed by atoms with E-state index in [2.05, 4.69) is 23.3 Å². The van der Waals surface area contributed by atoms with Crippen molar-refractivity contribution in [3.05, 3.63) is 0 Å². The van der Waals surface area contributed by atoms with E-state index in [4.69, 9.17) is 11.6 Å². The van der Waals surface area contributed by atoms with Gasteiger partial charge >= 0.3 is 0 Å². The Morgan fingerprint density at radius 3 is 1.80 bits per heavy atom. The van der Waals surface area contributed by atoms with Crippen molar-refractivity contribution >= 4 is 28.3 Å². The molecule has 0 radical (unpaired) electrons. The smallest absolute Gasteiger partial charge is 0.164 e. The Morgan fingerprint density at radius 2 is 1.70 bits per heavy atom. The summed E-state index contributed by atoms with van der Waals surface area (Å²) in [7, 11) is 0. The molecule has 60 valence electrons. The van der Waals surface area contributed by atoms with Crippen molar-refractivity contribution in [2.75, 3.05) is 13.1 Å². The Balaban J connectivity index is 0.000000180. The van der Waals surface area contributed by atoms with Crippen molar-refractivity contribution in [2.24, 2.45) is 5.73 Å². The summed E-state index contributed by atoms with van der Waals surface area (Å²) in [6, 6.07) is 0. The second kappa shape index (κ2) is 7.25. The van der Waals surface area contributed by atoms with Gasteiger partial charge < -0.3 is 11.1 Å². The molecule has 2 nitrogen and oxygen atoms in total. The highest BCUT2D eigenvalue weighted by Crippen LogP contribution is 1.96. The van der Waals surface area contributed by atoms with Crippen molar-refractivity contribution in [1.82, 2.24) is 5.32 Å². The topological polar surface area (TPSA) is 38.0 Å². The first kappa shape index (κ1) is 10.1.